The van der Waals surface area contributed by atoms with Crippen LogP contribution in [0.25, 0.3) is 0 Å². The summed E-state index contributed by atoms with van der Waals surface area (Å²) in [5.41, 5.74) is 1.53. The number of thiol groups is 1. The summed E-state index contributed by atoms with van der Waals surface area (Å²) < 4.78 is 0.413. The van der Waals surface area contributed by atoms with E-state index in [-0.39, 0.29) is 5.78 Å². The molecule has 0 bridgehead atoms. The summed E-state index contributed by atoms with van der Waals surface area (Å²) in [6.07, 6.45) is 0. The Morgan fingerprint density at radius 1 is 1.15 bits per heavy atom. The fraction of sp³-hybridized carbons (Fsp3) is 0.467. The van der Waals surface area contributed by atoms with Gasteiger partial charge in [-0.1, -0.05) is 33.0 Å². The van der Waals surface area contributed by atoms with Crippen LogP contribution in [-0.2, 0) is 0 Å². The maximum absolute atomic E-state index is 10.9. The van der Waals surface area contributed by atoms with Crippen LogP contribution in [0.1, 0.15) is 38.1 Å². The number of hydrogen-bond donors (Lipinski definition) is 2. The molecule has 0 radical (unpaired) electrons. The van der Waals surface area contributed by atoms with E-state index in [4.69, 9.17) is 12.2 Å². The van der Waals surface area contributed by atoms with E-state index in [1.807, 2.05) is 0 Å². The minimum absolute atomic E-state index is 0.0556. The Labute approximate surface area is 133 Å². The molecule has 3 nitrogen and oxygen atoms in total. The van der Waals surface area contributed by atoms with Crippen molar-refractivity contribution in [1.29, 1.82) is 0 Å². The third-order valence-electron chi connectivity index (χ3n) is 2.88. The maximum atomic E-state index is 10.9. The second kappa shape index (κ2) is 10.8. The van der Waals surface area contributed by atoms with Crippen molar-refractivity contribution >= 4 is 40.6 Å². The van der Waals surface area contributed by atoms with Gasteiger partial charge in [0, 0.05) is 11.3 Å². The molecule has 20 heavy (non-hydrogen) atoms. The molecular weight excluding hydrogens is 288 g/mol. The van der Waals surface area contributed by atoms with Crippen LogP contribution in [0.4, 0.5) is 5.69 Å². The maximum Gasteiger partial charge on any atom is 0.159 e. The molecule has 1 rings (SSSR count). The molecule has 0 unspecified atom stereocenters. The topological polar surface area (TPSA) is 32.3 Å². The van der Waals surface area contributed by atoms with Crippen LogP contribution in [0.2, 0.25) is 0 Å². The third kappa shape index (κ3) is 8.30. The molecule has 0 saturated carbocycles. The van der Waals surface area contributed by atoms with Crippen LogP contribution >= 0.6 is 24.8 Å². The first-order valence-corrected chi connectivity index (χ1v) is 7.63. The van der Waals surface area contributed by atoms with Crippen LogP contribution in [0, 0.1) is 0 Å². The van der Waals surface area contributed by atoms with Gasteiger partial charge in [-0.05, 0) is 50.8 Å². The predicted molar refractivity (Wildman–Crippen MR) is 95.1 cm³/mol. The highest BCUT2D eigenvalue weighted by Gasteiger charge is 1.98. The number of thiocarbonyl (C=S) groups is 1. The van der Waals surface area contributed by atoms with Gasteiger partial charge in [-0.3, -0.25) is 4.79 Å². The monoisotopic (exact) mass is 312 g/mol. The van der Waals surface area contributed by atoms with Gasteiger partial charge >= 0.3 is 0 Å². The highest BCUT2D eigenvalue weighted by molar-refractivity contribution is 8.11. The molecule has 1 aromatic carbocycles. The van der Waals surface area contributed by atoms with Crippen molar-refractivity contribution in [3.05, 3.63) is 29.8 Å². The van der Waals surface area contributed by atoms with E-state index in [1.165, 1.54) is 26.6 Å². The fourth-order valence-electron chi connectivity index (χ4n) is 1.58. The number of carbonyl (C=O) groups excluding carboxylic acids is 1. The number of rotatable bonds is 5. The first-order valence-electron chi connectivity index (χ1n) is 6.77. The van der Waals surface area contributed by atoms with Gasteiger partial charge in [-0.2, -0.15) is 0 Å². The molecule has 0 atom stereocenters. The smallest absolute Gasteiger partial charge is 0.159 e. The average molecular weight is 313 g/mol. The zero-order chi connectivity index (χ0) is 15.5. The van der Waals surface area contributed by atoms with Crippen LogP contribution < -0.4 is 5.32 Å². The Kier molecular flexibility index (Phi) is 10.3. The lowest BCUT2D eigenvalue weighted by Crippen LogP contribution is -2.21. The molecule has 0 aliphatic carbocycles. The van der Waals surface area contributed by atoms with Gasteiger partial charge < -0.3 is 10.2 Å². The quantitative estimate of drug-likeness (QED) is 0.491. The second-order valence-electron chi connectivity index (χ2n) is 4.18. The van der Waals surface area contributed by atoms with Crippen molar-refractivity contribution in [2.75, 3.05) is 25.0 Å². The molecule has 5 heteroatoms. The van der Waals surface area contributed by atoms with E-state index in [2.05, 4.69) is 43.6 Å². The fourth-order valence-corrected chi connectivity index (χ4v) is 1.83. The zero-order valence-electron chi connectivity index (χ0n) is 12.6. The van der Waals surface area contributed by atoms with Crippen molar-refractivity contribution in [3.63, 3.8) is 0 Å². The minimum atomic E-state index is 0.0556. The number of nitrogens with zero attached hydrogens (tertiary/aromatic N) is 1. The summed E-state index contributed by atoms with van der Waals surface area (Å²) in [7, 11) is 0. The van der Waals surface area contributed by atoms with Crippen LogP contribution in [0.15, 0.2) is 24.3 Å². The Hall–Kier alpha value is -0.910. The van der Waals surface area contributed by atoms with Gasteiger partial charge in [-0.15, -0.1) is 12.6 Å². The van der Waals surface area contributed by atoms with E-state index in [0.29, 0.717) is 9.88 Å². The van der Waals surface area contributed by atoms with Gasteiger partial charge in [0.1, 0.15) is 4.32 Å². The van der Waals surface area contributed by atoms with Crippen molar-refractivity contribution in [3.8, 4) is 0 Å². The predicted octanol–water partition coefficient (Wildman–Crippen LogP) is 3.86. The van der Waals surface area contributed by atoms with E-state index >= 15 is 0 Å². The van der Waals surface area contributed by atoms with Crippen molar-refractivity contribution in [2.24, 2.45) is 0 Å². The molecule has 0 heterocycles. The summed E-state index contributed by atoms with van der Waals surface area (Å²) in [6, 6.07) is 7.08. The molecule has 0 fully saturated rings. The van der Waals surface area contributed by atoms with Gasteiger partial charge in [0.15, 0.2) is 5.78 Å². The van der Waals surface area contributed by atoms with Gasteiger partial charge in [0.25, 0.3) is 0 Å². The Morgan fingerprint density at radius 2 is 1.60 bits per heavy atom. The van der Waals surface area contributed by atoms with E-state index < -0.39 is 0 Å². The van der Waals surface area contributed by atoms with E-state index in [0.717, 1.165) is 5.69 Å². The first kappa shape index (κ1) is 19.1. The van der Waals surface area contributed by atoms with Gasteiger partial charge in [-0.25, -0.2) is 0 Å². The molecule has 0 spiro atoms. The number of benzene rings is 1. The molecule has 0 saturated heterocycles. The van der Waals surface area contributed by atoms with Crippen molar-refractivity contribution in [2.45, 2.75) is 27.7 Å². The summed E-state index contributed by atoms with van der Waals surface area (Å²) in [6.45, 7) is 11.7. The van der Waals surface area contributed by atoms with E-state index in [1.54, 1.807) is 24.3 Å². The van der Waals surface area contributed by atoms with Gasteiger partial charge in [0.2, 0.25) is 0 Å². The SMILES string of the molecule is CC(=O)c1ccc(NC(=S)S)cc1.CCN(CC)CC. The van der Waals surface area contributed by atoms with E-state index in [9.17, 15) is 4.79 Å². The molecule has 112 valence electrons. The summed E-state index contributed by atoms with van der Waals surface area (Å²) in [4.78, 5) is 13.3. The Balaban J connectivity index is 0.000000441. The molecule has 0 aliphatic rings. The lowest BCUT2D eigenvalue weighted by molar-refractivity contribution is 0.101. The Bertz CT molecular complexity index is 409. The normalized spacial score (nSPS) is 9.70. The molecular formula is C15H24N2OS2. The third-order valence-corrected chi connectivity index (χ3v) is 3.10. The standard InChI is InChI=1S/C9H9NOS2.C6H15N/c1-6(11)7-2-4-8(5-3-7)10-9(12)13;1-4-7(5-2)6-3/h2-5H,1H3,(H2,10,12,13);4-6H2,1-3H3. The molecule has 1 N–H and O–H groups in total. The molecule has 0 aliphatic heterocycles. The number of anilines is 1. The lowest BCUT2D eigenvalue weighted by Gasteiger charge is -2.13. The number of hydrogen-bond acceptors (Lipinski definition) is 3. The number of carbonyl (C=O) groups is 1. The lowest BCUT2D eigenvalue weighted by atomic mass is 10.1. The van der Waals surface area contributed by atoms with Crippen molar-refractivity contribution in [1.82, 2.24) is 4.90 Å². The summed E-state index contributed by atoms with van der Waals surface area (Å²) in [5.74, 6) is 0.0556. The highest BCUT2D eigenvalue weighted by Crippen LogP contribution is 2.10. The minimum Gasteiger partial charge on any atom is -0.341 e. The van der Waals surface area contributed by atoms with Crippen LogP contribution in [0.3, 0.4) is 0 Å². The van der Waals surface area contributed by atoms with Crippen LogP contribution in [0.5, 0.6) is 0 Å². The summed E-state index contributed by atoms with van der Waals surface area (Å²) in [5, 5.41) is 2.86. The summed E-state index contributed by atoms with van der Waals surface area (Å²) >= 11 is 8.68. The Morgan fingerprint density at radius 3 is 1.85 bits per heavy atom. The average Bonchev–Trinajstić information content (AvgIpc) is 2.41. The molecule has 1 aromatic rings. The molecule has 0 amide bonds. The first-order chi connectivity index (χ1) is 9.44. The number of Topliss-reactive ketones (excluding diaryl/α,β-unsaturated/α-hetero) is 1. The van der Waals surface area contributed by atoms with Crippen LogP contribution in [-0.4, -0.2) is 34.6 Å². The zero-order valence-corrected chi connectivity index (χ0v) is 14.4. The largest absolute Gasteiger partial charge is 0.341 e. The number of ketones is 1. The number of nitrogens with one attached hydrogen (secondary N) is 1. The highest BCUT2D eigenvalue weighted by atomic mass is 32.1. The molecule has 0 aromatic heterocycles. The van der Waals surface area contributed by atoms with Crippen molar-refractivity contribution < 1.29 is 4.79 Å². The second-order valence-corrected chi connectivity index (χ2v) is 5.34. The van der Waals surface area contributed by atoms with Gasteiger partial charge in [0.05, 0.1) is 0 Å².